The molecule has 0 radical (unpaired) electrons. The molecule has 0 bridgehead atoms. The second-order valence-corrected chi connectivity index (χ2v) is 8.28. The van der Waals surface area contributed by atoms with Crippen molar-refractivity contribution in [1.29, 1.82) is 0 Å². The summed E-state index contributed by atoms with van der Waals surface area (Å²) in [7, 11) is 1.76. The van der Waals surface area contributed by atoms with E-state index in [1.807, 2.05) is 6.07 Å². The highest BCUT2D eigenvalue weighted by Crippen LogP contribution is 2.38. The molecule has 0 spiro atoms. The van der Waals surface area contributed by atoms with Crippen molar-refractivity contribution >= 4 is 39.1 Å². The van der Waals surface area contributed by atoms with Gasteiger partial charge in [0.2, 0.25) is 5.91 Å². The van der Waals surface area contributed by atoms with Crippen molar-refractivity contribution in [2.75, 3.05) is 18.9 Å². The second kappa shape index (κ2) is 7.76. The number of nitrogens with zero attached hydrogens (tertiary/aromatic N) is 2. The molecule has 1 aromatic carbocycles. The Morgan fingerprint density at radius 2 is 2.10 bits per heavy atom. The summed E-state index contributed by atoms with van der Waals surface area (Å²) in [6.45, 7) is 0.383. The number of carbonyl (C=O) groups excluding carboxylic acids is 2. The Balaban J connectivity index is 1.44. The number of carbonyl (C=O) groups is 2. The summed E-state index contributed by atoms with van der Waals surface area (Å²) in [6, 6.07) is 7.11. The zero-order valence-corrected chi connectivity index (χ0v) is 16.8. The van der Waals surface area contributed by atoms with Gasteiger partial charge in [-0.3, -0.25) is 19.3 Å². The van der Waals surface area contributed by atoms with Gasteiger partial charge >= 0.3 is 0 Å². The number of primary amides is 1. The number of aromatic amines is 1. The molecule has 0 aliphatic heterocycles. The largest absolute Gasteiger partial charge is 0.365 e. The lowest BCUT2D eigenvalue weighted by molar-refractivity contribution is -0.117. The fraction of sp³-hybridized carbons (Fsp3) is 0.300. The summed E-state index contributed by atoms with van der Waals surface area (Å²) in [5.41, 5.74) is 7.36. The van der Waals surface area contributed by atoms with Crippen molar-refractivity contribution in [3.63, 3.8) is 0 Å². The lowest BCUT2D eigenvalue weighted by Gasteiger charge is -2.16. The van der Waals surface area contributed by atoms with Crippen molar-refractivity contribution in [1.82, 2.24) is 14.9 Å². The van der Waals surface area contributed by atoms with Gasteiger partial charge in [0.15, 0.2) is 0 Å². The molecule has 2 amide bonds. The molecule has 0 atom stereocenters. The summed E-state index contributed by atoms with van der Waals surface area (Å²) in [5, 5.41) is 3.88. The number of fused-ring (bicyclic) bond motifs is 2. The van der Waals surface area contributed by atoms with E-state index in [9.17, 15) is 14.4 Å². The minimum atomic E-state index is -0.508. The van der Waals surface area contributed by atoms with Gasteiger partial charge in [-0.1, -0.05) is 12.1 Å². The van der Waals surface area contributed by atoms with Crippen LogP contribution in [0.1, 0.15) is 33.0 Å². The van der Waals surface area contributed by atoms with Crippen molar-refractivity contribution in [3.05, 3.63) is 56.4 Å². The summed E-state index contributed by atoms with van der Waals surface area (Å²) in [4.78, 5) is 46.6. The van der Waals surface area contributed by atoms with E-state index in [0.717, 1.165) is 29.7 Å². The number of hydrogen-bond acceptors (Lipinski definition) is 6. The highest BCUT2D eigenvalue weighted by molar-refractivity contribution is 7.17. The maximum Gasteiger partial charge on any atom is 0.258 e. The van der Waals surface area contributed by atoms with Crippen molar-refractivity contribution in [2.45, 2.75) is 25.8 Å². The standard InChI is InChI=1S/C20H21N5O3S/c1-25(9-15-22-13-7-3-2-5-11(13)19(28)23-15)10-16(26)24-20-17(18(21)27)12-6-4-8-14(12)29-20/h2-3,5,7H,4,6,8-10H2,1H3,(H2,21,27)(H,24,26)(H,22,23,28). The number of aromatic nitrogens is 2. The van der Waals surface area contributed by atoms with Crippen LogP contribution in [0.25, 0.3) is 10.9 Å². The molecule has 0 saturated heterocycles. The van der Waals surface area contributed by atoms with Gasteiger partial charge in [0.1, 0.15) is 10.8 Å². The van der Waals surface area contributed by atoms with Crippen molar-refractivity contribution in [3.8, 4) is 0 Å². The molecular weight excluding hydrogens is 390 g/mol. The van der Waals surface area contributed by atoms with Crippen LogP contribution in [0.3, 0.4) is 0 Å². The lowest BCUT2D eigenvalue weighted by atomic mass is 10.1. The van der Waals surface area contributed by atoms with E-state index in [0.29, 0.717) is 33.8 Å². The second-order valence-electron chi connectivity index (χ2n) is 7.18. The van der Waals surface area contributed by atoms with E-state index in [1.54, 1.807) is 30.1 Å². The molecular formula is C20H21N5O3S. The van der Waals surface area contributed by atoms with Crippen molar-refractivity contribution in [2.24, 2.45) is 5.73 Å². The van der Waals surface area contributed by atoms with Gasteiger partial charge in [-0.05, 0) is 44.0 Å². The number of H-pyrrole nitrogens is 1. The van der Waals surface area contributed by atoms with E-state index < -0.39 is 5.91 Å². The molecule has 2 heterocycles. The Kier molecular flexibility index (Phi) is 5.16. The molecule has 1 aliphatic rings. The first-order valence-electron chi connectivity index (χ1n) is 9.33. The van der Waals surface area contributed by atoms with Gasteiger partial charge in [-0.25, -0.2) is 4.98 Å². The van der Waals surface area contributed by atoms with Crippen LogP contribution in [-0.2, 0) is 24.2 Å². The number of nitrogens with two attached hydrogens (primary N) is 1. The van der Waals surface area contributed by atoms with Crippen LogP contribution in [0.5, 0.6) is 0 Å². The Hall–Kier alpha value is -3.04. The van der Waals surface area contributed by atoms with E-state index >= 15 is 0 Å². The van der Waals surface area contributed by atoms with E-state index in [1.165, 1.54) is 11.3 Å². The molecule has 0 saturated carbocycles. The number of para-hydroxylation sites is 1. The molecule has 3 aromatic rings. The summed E-state index contributed by atoms with van der Waals surface area (Å²) < 4.78 is 0. The first-order valence-corrected chi connectivity index (χ1v) is 10.1. The zero-order chi connectivity index (χ0) is 20.5. The monoisotopic (exact) mass is 411 g/mol. The van der Waals surface area contributed by atoms with Gasteiger partial charge in [0.05, 0.1) is 29.6 Å². The van der Waals surface area contributed by atoms with Crippen LogP contribution in [0.15, 0.2) is 29.1 Å². The SMILES string of the molecule is CN(CC(=O)Nc1sc2c(c1C(N)=O)CCC2)Cc1nc2ccccc2c(=O)[nH]1. The van der Waals surface area contributed by atoms with Crippen LogP contribution in [-0.4, -0.2) is 40.3 Å². The fourth-order valence-electron chi connectivity index (χ4n) is 3.69. The minimum absolute atomic E-state index is 0.0807. The third-order valence-electron chi connectivity index (χ3n) is 4.92. The maximum absolute atomic E-state index is 12.5. The minimum Gasteiger partial charge on any atom is -0.365 e. The highest BCUT2D eigenvalue weighted by atomic mass is 32.1. The molecule has 150 valence electrons. The predicted molar refractivity (Wildman–Crippen MR) is 112 cm³/mol. The Morgan fingerprint density at radius 3 is 2.90 bits per heavy atom. The van der Waals surface area contributed by atoms with Crippen LogP contribution < -0.4 is 16.6 Å². The summed E-state index contributed by atoms with van der Waals surface area (Å²) in [5.74, 6) is -0.277. The number of anilines is 1. The number of thiophene rings is 1. The number of amides is 2. The Labute approximate surface area is 170 Å². The fourth-order valence-corrected chi connectivity index (χ4v) is 5.00. The zero-order valence-electron chi connectivity index (χ0n) is 15.9. The average Bonchev–Trinajstić information content (AvgIpc) is 3.21. The van der Waals surface area contributed by atoms with Crippen LogP contribution in [0, 0.1) is 0 Å². The highest BCUT2D eigenvalue weighted by Gasteiger charge is 2.26. The van der Waals surface area contributed by atoms with Gasteiger partial charge < -0.3 is 16.0 Å². The first kappa shape index (κ1) is 19.3. The Bertz CT molecular complexity index is 1170. The summed E-state index contributed by atoms with van der Waals surface area (Å²) >= 11 is 1.43. The van der Waals surface area contributed by atoms with Crippen LogP contribution >= 0.6 is 11.3 Å². The predicted octanol–water partition coefficient (Wildman–Crippen LogP) is 1.64. The smallest absolute Gasteiger partial charge is 0.258 e. The van der Waals surface area contributed by atoms with Crippen LogP contribution in [0.4, 0.5) is 5.00 Å². The number of nitrogens with one attached hydrogen (secondary N) is 2. The molecule has 2 aromatic heterocycles. The van der Waals surface area contributed by atoms with E-state index in [4.69, 9.17) is 5.73 Å². The lowest BCUT2D eigenvalue weighted by Crippen LogP contribution is -2.31. The van der Waals surface area contributed by atoms with Gasteiger partial charge in [-0.15, -0.1) is 11.3 Å². The molecule has 9 heteroatoms. The molecule has 4 rings (SSSR count). The third-order valence-corrected chi connectivity index (χ3v) is 6.12. The van der Waals surface area contributed by atoms with Crippen LogP contribution in [0.2, 0.25) is 0 Å². The first-order chi connectivity index (χ1) is 13.9. The topological polar surface area (TPSA) is 121 Å². The molecule has 1 aliphatic carbocycles. The maximum atomic E-state index is 12.5. The van der Waals surface area contributed by atoms with Crippen molar-refractivity contribution < 1.29 is 9.59 Å². The number of benzene rings is 1. The van der Waals surface area contributed by atoms with Gasteiger partial charge in [0.25, 0.3) is 11.5 Å². The number of likely N-dealkylation sites (N-methyl/N-ethyl adjacent to an activating group) is 1. The number of hydrogen-bond donors (Lipinski definition) is 3. The molecule has 0 unspecified atom stereocenters. The Morgan fingerprint density at radius 1 is 1.31 bits per heavy atom. The molecule has 29 heavy (non-hydrogen) atoms. The molecule has 8 nitrogen and oxygen atoms in total. The molecule has 0 fully saturated rings. The van der Waals surface area contributed by atoms with E-state index in [-0.39, 0.29) is 18.0 Å². The summed E-state index contributed by atoms with van der Waals surface area (Å²) in [6.07, 6.45) is 2.74. The van der Waals surface area contributed by atoms with Gasteiger partial charge in [0, 0.05) is 4.88 Å². The number of rotatable bonds is 6. The normalized spacial score (nSPS) is 13.0. The van der Waals surface area contributed by atoms with E-state index in [2.05, 4.69) is 15.3 Å². The number of aryl methyl sites for hydroxylation is 1. The quantitative estimate of drug-likeness (QED) is 0.569. The third kappa shape index (κ3) is 3.92. The average molecular weight is 411 g/mol. The molecule has 4 N–H and O–H groups in total. The van der Waals surface area contributed by atoms with Gasteiger partial charge in [-0.2, -0.15) is 0 Å².